The van der Waals surface area contributed by atoms with Crippen LogP contribution in [0.4, 0.5) is 5.69 Å². The Kier molecular flexibility index (Phi) is 3.56. The van der Waals surface area contributed by atoms with Gasteiger partial charge in [0, 0.05) is 27.2 Å². The van der Waals surface area contributed by atoms with Crippen molar-refractivity contribution in [2.24, 2.45) is 13.0 Å². The van der Waals surface area contributed by atoms with Crippen molar-refractivity contribution in [1.29, 1.82) is 0 Å². The topological polar surface area (TPSA) is 67.4 Å². The van der Waals surface area contributed by atoms with Gasteiger partial charge in [-0.1, -0.05) is 0 Å². The molecule has 0 bridgehead atoms. The minimum Gasteiger partial charge on any atom is -0.396 e. The molecule has 0 radical (unpaired) electrons. The second-order valence-corrected chi connectivity index (χ2v) is 5.17. The number of nitrogen functional groups attached to an aromatic ring is 1. The van der Waals surface area contributed by atoms with E-state index >= 15 is 0 Å². The van der Waals surface area contributed by atoms with E-state index in [0.29, 0.717) is 17.3 Å². The molecule has 2 rings (SSSR count). The van der Waals surface area contributed by atoms with Gasteiger partial charge in [-0.3, -0.25) is 9.48 Å². The molecule has 1 atom stereocenters. The molecule has 1 amide bonds. The van der Waals surface area contributed by atoms with Gasteiger partial charge in [0.25, 0.3) is 5.91 Å². The molecule has 0 aromatic carbocycles. The Balaban J connectivity index is 2.01. The molecule has 1 aliphatic rings. The average molecular weight is 251 g/mol. The SMILES string of the molecule is CN1CCC(CN(C)C(=O)c2c(N)cnn2C)C1. The number of aromatic nitrogens is 2. The van der Waals surface area contributed by atoms with Crippen molar-refractivity contribution >= 4 is 11.6 Å². The zero-order valence-corrected chi connectivity index (χ0v) is 11.3. The van der Waals surface area contributed by atoms with Gasteiger partial charge in [-0.2, -0.15) is 5.10 Å². The molecular weight excluding hydrogens is 230 g/mol. The zero-order chi connectivity index (χ0) is 13.3. The number of nitrogens with zero attached hydrogens (tertiary/aromatic N) is 4. The van der Waals surface area contributed by atoms with Gasteiger partial charge >= 0.3 is 0 Å². The predicted molar refractivity (Wildman–Crippen MR) is 70.2 cm³/mol. The number of amides is 1. The van der Waals surface area contributed by atoms with Crippen LogP contribution in [0, 0.1) is 5.92 Å². The molecular formula is C12H21N5O. The number of anilines is 1. The molecule has 2 heterocycles. The number of hydrogen-bond acceptors (Lipinski definition) is 4. The standard InChI is InChI=1S/C12H21N5O/c1-15-5-4-9(7-15)8-16(2)12(18)11-10(13)6-14-17(11)3/h6,9H,4-5,7-8,13H2,1-3H3. The average Bonchev–Trinajstić information content (AvgIpc) is 2.85. The third-order valence-corrected chi connectivity index (χ3v) is 3.54. The van der Waals surface area contributed by atoms with E-state index in [9.17, 15) is 4.79 Å². The fourth-order valence-corrected chi connectivity index (χ4v) is 2.54. The summed E-state index contributed by atoms with van der Waals surface area (Å²) in [6.45, 7) is 2.94. The smallest absolute Gasteiger partial charge is 0.274 e. The highest BCUT2D eigenvalue weighted by Gasteiger charge is 2.25. The summed E-state index contributed by atoms with van der Waals surface area (Å²) in [7, 11) is 5.68. The Morgan fingerprint density at radius 3 is 2.83 bits per heavy atom. The summed E-state index contributed by atoms with van der Waals surface area (Å²) in [6.07, 6.45) is 2.67. The van der Waals surface area contributed by atoms with Crippen LogP contribution < -0.4 is 5.73 Å². The molecule has 6 heteroatoms. The second kappa shape index (κ2) is 4.97. The van der Waals surface area contributed by atoms with Crippen LogP contribution in [-0.2, 0) is 7.05 Å². The first kappa shape index (κ1) is 12.9. The molecule has 6 nitrogen and oxygen atoms in total. The molecule has 0 saturated carbocycles. The summed E-state index contributed by atoms with van der Waals surface area (Å²) in [5, 5.41) is 4.00. The first-order chi connectivity index (χ1) is 8.49. The van der Waals surface area contributed by atoms with Gasteiger partial charge in [-0.05, 0) is 25.9 Å². The Morgan fingerprint density at radius 1 is 1.61 bits per heavy atom. The second-order valence-electron chi connectivity index (χ2n) is 5.17. The molecule has 0 aliphatic carbocycles. The van der Waals surface area contributed by atoms with Gasteiger partial charge in [0.2, 0.25) is 0 Å². The van der Waals surface area contributed by atoms with Crippen molar-refractivity contribution in [1.82, 2.24) is 19.6 Å². The zero-order valence-electron chi connectivity index (χ0n) is 11.3. The lowest BCUT2D eigenvalue weighted by atomic mass is 10.1. The van der Waals surface area contributed by atoms with Crippen molar-refractivity contribution < 1.29 is 4.79 Å². The summed E-state index contributed by atoms with van der Waals surface area (Å²) in [6, 6.07) is 0. The summed E-state index contributed by atoms with van der Waals surface area (Å²) in [4.78, 5) is 16.3. The van der Waals surface area contributed by atoms with E-state index in [4.69, 9.17) is 5.73 Å². The van der Waals surface area contributed by atoms with Crippen LogP contribution in [0.3, 0.4) is 0 Å². The van der Waals surface area contributed by atoms with Crippen LogP contribution in [0.5, 0.6) is 0 Å². The molecule has 18 heavy (non-hydrogen) atoms. The predicted octanol–water partition coefficient (Wildman–Crippen LogP) is 0.0260. The molecule has 0 spiro atoms. The van der Waals surface area contributed by atoms with E-state index in [-0.39, 0.29) is 5.91 Å². The van der Waals surface area contributed by atoms with Crippen molar-refractivity contribution in [3.63, 3.8) is 0 Å². The van der Waals surface area contributed by atoms with Crippen molar-refractivity contribution in [3.05, 3.63) is 11.9 Å². The molecule has 1 aromatic heterocycles. The fourth-order valence-electron chi connectivity index (χ4n) is 2.54. The van der Waals surface area contributed by atoms with Crippen LogP contribution >= 0.6 is 0 Å². The van der Waals surface area contributed by atoms with Crippen LogP contribution in [0.15, 0.2) is 6.20 Å². The van der Waals surface area contributed by atoms with Crippen molar-refractivity contribution in [2.45, 2.75) is 6.42 Å². The maximum absolute atomic E-state index is 12.3. The number of rotatable bonds is 3. The Morgan fingerprint density at radius 2 is 2.33 bits per heavy atom. The molecule has 1 aromatic rings. The third kappa shape index (κ3) is 2.48. The van der Waals surface area contributed by atoms with Crippen LogP contribution in [-0.4, -0.2) is 59.2 Å². The fraction of sp³-hybridized carbons (Fsp3) is 0.667. The van der Waals surface area contributed by atoms with Gasteiger partial charge in [0.05, 0.1) is 11.9 Å². The van der Waals surface area contributed by atoms with Gasteiger partial charge in [0.1, 0.15) is 5.69 Å². The van der Waals surface area contributed by atoms with E-state index < -0.39 is 0 Å². The number of hydrogen-bond donors (Lipinski definition) is 1. The van der Waals surface area contributed by atoms with Gasteiger partial charge in [-0.25, -0.2) is 0 Å². The summed E-state index contributed by atoms with van der Waals surface area (Å²) >= 11 is 0. The molecule has 100 valence electrons. The maximum atomic E-state index is 12.3. The van der Waals surface area contributed by atoms with E-state index in [0.717, 1.165) is 26.1 Å². The monoisotopic (exact) mass is 251 g/mol. The first-order valence-corrected chi connectivity index (χ1v) is 6.20. The summed E-state index contributed by atoms with van der Waals surface area (Å²) < 4.78 is 1.54. The van der Waals surface area contributed by atoms with Crippen molar-refractivity contribution in [2.75, 3.05) is 39.5 Å². The Bertz CT molecular complexity index is 422. The maximum Gasteiger partial charge on any atom is 0.274 e. The van der Waals surface area contributed by atoms with E-state index in [2.05, 4.69) is 17.0 Å². The van der Waals surface area contributed by atoms with Gasteiger partial charge in [0.15, 0.2) is 0 Å². The Labute approximate surface area is 107 Å². The highest BCUT2D eigenvalue weighted by molar-refractivity contribution is 5.97. The molecule has 2 N–H and O–H groups in total. The van der Waals surface area contributed by atoms with E-state index in [1.807, 2.05) is 7.05 Å². The lowest BCUT2D eigenvalue weighted by molar-refractivity contribution is 0.0764. The number of carbonyl (C=O) groups is 1. The van der Waals surface area contributed by atoms with Crippen LogP contribution in [0.25, 0.3) is 0 Å². The highest BCUT2D eigenvalue weighted by atomic mass is 16.2. The highest BCUT2D eigenvalue weighted by Crippen LogP contribution is 2.17. The normalized spacial score (nSPS) is 20.3. The number of nitrogens with two attached hydrogens (primary N) is 1. The summed E-state index contributed by atoms with van der Waals surface area (Å²) in [5.74, 6) is 0.500. The summed E-state index contributed by atoms with van der Waals surface area (Å²) in [5.41, 5.74) is 6.69. The lowest BCUT2D eigenvalue weighted by Crippen LogP contribution is -2.34. The van der Waals surface area contributed by atoms with Crippen molar-refractivity contribution in [3.8, 4) is 0 Å². The Hall–Kier alpha value is -1.56. The molecule has 1 aliphatic heterocycles. The number of carbonyl (C=O) groups excluding carboxylic acids is 1. The van der Waals surface area contributed by atoms with Gasteiger partial charge < -0.3 is 15.5 Å². The number of likely N-dealkylation sites (tertiary alicyclic amines) is 1. The first-order valence-electron chi connectivity index (χ1n) is 6.20. The lowest BCUT2D eigenvalue weighted by Gasteiger charge is -2.21. The largest absolute Gasteiger partial charge is 0.396 e. The van der Waals surface area contributed by atoms with Gasteiger partial charge in [-0.15, -0.1) is 0 Å². The quantitative estimate of drug-likeness (QED) is 0.823. The minimum absolute atomic E-state index is 0.0537. The third-order valence-electron chi connectivity index (χ3n) is 3.54. The molecule has 1 saturated heterocycles. The van der Waals surface area contributed by atoms with E-state index in [1.54, 1.807) is 11.9 Å². The minimum atomic E-state index is -0.0537. The molecule has 1 unspecified atom stereocenters. The van der Waals surface area contributed by atoms with E-state index in [1.165, 1.54) is 10.9 Å². The number of aryl methyl sites for hydroxylation is 1. The van der Waals surface area contributed by atoms with Crippen LogP contribution in [0.2, 0.25) is 0 Å². The molecule has 1 fully saturated rings. The van der Waals surface area contributed by atoms with Crippen LogP contribution in [0.1, 0.15) is 16.9 Å².